The predicted molar refractivity (Wildman–Crippen MR) is 55.5 cm³/mol. The van der Waals surface area contributed by atoms with Crippen molar-refractivity contribution in [2.45, 2.75) is 27.2 Å². The van der Waals surface area contributed by atoms with Crippen LogP contribution in [0.3, 0.4) is 0 Å². The quantitative estimate of drug-likeness (QED) is 0.561. The van der Waals surface area contributed by atoms with Gasteiger partial charge in [0, 0.05) is 5.56 Å². The van der Waals surface area contributed by atoms with Crippen molar-refractivity contribution in [1.82, 2.24) is 5.16 Å². The van der Waals surface area contributed by atoms with E-state index in [2.05, 4.69) is 5.16 Å². The molecule has 1 aromatic heterocycles. The van der Waals surface area contributed by atoms with E-state index in [-0.39, 0.29) is 12.4 Å². The topological polar surface area (TPSA) is 52.3 Å². The summed E-state index contributed by atoms with van der Waals surface area (Å²) in [5.41, 5.74) is 1.57. The lowest BCUT2D eigenvalue weighted by atomic mass is 10.1. The van der Waals surface area contributed by atoms with Gasteiger partial charge in [-0.15, -0.1) is 0 Å². The van der Waals surface area contributed by atoms with Gasteiger partial charge in [-0.05, 0) is 20.8 Å². The average molecular weight is 209 g/mol. The van der Waals surface area contributed by atoms with Crippen molar-refractivity contribution in [1.29, 1.82) is 0 Å². The van der Waals surface area contributed by atoms with Gasteiger partial charge in [-0.3, -0.25) is 4.79 Å². The van der Waals surface area contributed by atoms with Crippen molar-refractivity contribution in [2.75, 3.05) is 6.61 Å². The van der Waals surface area contributed by atoms with Crippen molar-refractivity contribution in [3.8, 4) is 0 Å². The van der Waals surface area contributed by atoms with Crippen molar-refractivity contribution in [2.24, 2.45) is 0 Å². The van der Waals surface area contributed by atoms with Crippen LogP contribution in [0.5, 0.6) is 0 Å². The van der Waals surface area contributed by atoms with Gasteiger partial charge in [0.25, 0.3) is 0 Å². The zero-order valence-electron chi connectivity index (χ0n) is 9.24. The van der Waals surface area contributed by atoms with Crippen LogP contribution in [0.25, 0.3) is 0 Å². The highest BCUT2D eigenvalue weighted by atomic mass is 16.5. The minimum atomic E-state index is -0.262. The first-order valence-electron chi connectivity index (χ1n) is 4.83. The van der Waals surface area contributed by atoms with E-state index < -0.39 is 0 Å². The Balaban J connectivity index is 2.51. The number of ether oxygens (including phenoxy) is 1. The lowest BCUT2D eigenvalue weighted by Gasteiger charge is -2.00. The summed E-state index contributed by atoms with van der Waals surface area (Å²) in [7, 11) is 0. The first kappa shape index (κ1) is 11.5. The molecule has 0 saturated carbocycles. The summed E-state index contributed by atoms with van der Waals surface area (Å²) in [6.45, 7) is 5.79. The molecule has 1 aromatic rings. The summed E-state index contributed by atoms with van der Waals surface area (Å²) in [6.07, 6.45) is 3.84. The molecular formula is C11H15NO3. The second-order valence-corrected chi connectivity index (χ2v) is 3.23. The zero-order valence-corrected chi connectivity index (χ0v) is 9.24. The normalized spacial score (nSPS) is 10.9. The number of esters is 1. The van der Waals surface area contributed by atoms with Gasteiger partial charge in [-0.2, -0.15) is 0 Å². The van der Waals surface area contributed by atoms with E-state index in [9.17, 15) is 4.79 Å². The van der Waals surface area contributed by atoms with Crippen LogP contribution in [0.2, 0.25) is 0 Å². The smallest absolute Gasteiger partial charge is 0.310 e. The van der Waals surface area contributed by atoms with Crippen molar-refractivity contribution >= 4 is 5.97 Å². The van der Waals surface area contributed by atoms with Crippen molar-refractivity contribution < 1.29 is 14.1 Å². The maximum Gasteiger partial charge on any atom is 0.310 e. The summed E-state index contributed by atoms with van der Waals surface area (Å²) in [4.78, 5) is 11.4. The molecule has 0 N–H and O–H groups in total. The van der Waals surface area contributed by atoms with Crippen LogP contribution >= 0.6 is 0 Å². The van der Waals surface area contributed by atoms with Crippen molar-refractivity contribution in [3.63, 3.8) is 0 Å². The number of aryl methyl sites for hydroxylation is 2. The first-order chi connectivity index (χ1) is 7.15. The van der Waals surface area contributed by atoms with E-state index in [0.717, 1.165) is 11.3 Å². The van der Waals surface area contributed by atoms with Crippen LogP contribution in [0, 0.1) is 13.8 Å². The standard InChI is InChI=1S/C11H15NO3/c1-4-5-6-14-11(13)7-10-8(2)12-15-9(10)3/h4-5H,6-7H2,1-3H3. The number of carbonyl (C=O) groups excluding carboxylic acids is 1. The molecule has 0 aliphatic rings. The molecule has 0 fully saturated rings. The van der Waals surface area contributed by atoms with Gasteiger partial charge in [-0.1, -0.05) is 17.3 Å². The van der Waals surface area contributed by atoms with Gasteiger partial charge in [0.2, 0.25) is 0 Å². The summed E-state index contributed by atoms with van der Waals surface area (Å²) >= 11 is 0. The molecule has 4 heteroatoms. The van der Waals surface area contributed by atoms with Crippen LogP contribution in [-0.4, -0.2) is 17.7 Å². The van der Waals surface area contributed by atoms with E-state index in [1.807, 2.05) is 19.9 Å². The largest absolute Gasteiger partial charge is 0.461 e. The zero-order chi connectivity index (χ0) is 11.3. The highest BCUT2D eigenvalue weighted by molar-refractivity contribution is 5.73. The summed E-state index contributed by atoms with van der Waals surface area (Å²) < 4.78 is 9.92. The molecule has 1 rings (SSSR count). The van der Waals surface area contributed by atoms with Crippen LogP contribution < -0.4 is 0 Å². The second-order valence-electron chi connectivity index (χ2n) is 3.23. The van der Waals surface area contributed by atoms with Gasteiger partial charge in [-0.25, -0.2) is 0 Å². The van der Waals surface area contributed by atoms with Crippen LogP contribution in [0.1, 0.15) is 23.9 Å². The molecule has 0 spiro atoms. The van der Waals surface area contributed by atoms with Crippen LogP contribution in [-0.2, 0) is 16.0 Å². The molecule has 0 aliphatic carbocycles. The molecule has 0 saturated heterocycles. The molecule has 0 unspecified atom stereocenters. The van der Waals surface area contributed by atoms with Gasteiger partial charge in [0.05, 0.1) is 12.1 Å². The Bertz CT molecular complexity index is 346. The van der Waals surface area contributed by atoms with E-state index in [0.29, 0.717) is 12.4 Å². The van der Waals surface area contributed by atoms with E-state index in [1.54, 1.807) is 13.0 Å². The molecule has 0 amide bonds. The van der Waals surface area contributed by atoms with Crippen molar-refractivity contribution in [3.05, 3.63) is 29.2 Å². The molecule has 82 valence electrons. The number of hydrogen-bond donors (Lipinski definition) is 0. The Morgan fingerprint density at radius 1 is 1.53 bits per heavy atom. The summed E-state index contributed by atoms with van der Waals surface area (Å²) in [5, 5.41) is 3.77. The summed E-state index contributed by atoms with van der Waals surface area (Å²) in [5.74, 6) is 0.415. The number of aromatic nitrogens is 1. The van der Waals surface area contributed by atoms with Gasteiger partial charge in [0.1, 0.15) is 12.4 Å². The Hall–Kier alpha value is -1.58. The molecule has 0 aromatic carbocycles. The maximum atomic E-state index is 11.4. The number of rotatable bonds is 4. The highest BCUT2D eigenvalue weighted by Gasteiger charge is 2.13. The number of allylic oxidation sites excluding steroid dienone is 1. The Morgan fingerprint density at radius 2 is 2.27 bits per heavy atom. The molecule has 0 aliphatic heterocycles. The minimum absolute atomic E-state index is 0.221. The minimum Gasteiger partial charge on any atom is -0.461 e. The Kier molecular flexibility index (Phi) is 4.09. The molecule has 1 heterocycles. The first-order valence-corrected chi connectivity index (χ1v) is 4.83. The van der Waals surface area contributed by atoms with E-state index in [4.69, 9.17) is 9.26 Å². The second kappa shape index (κ2) is 5.34. The molecule has 0 bridgehead atoms. The fourth-order valence-electron chi connectivity index (χ4n) is 1.19. The van der Waals surface area contributed by atoms with E-state index in [1.165, 1.54) is 0 Å². The van der Waals surface area contributed by atoms with Crippen LogP contribution in [0.4, 0.5) is 0 Å². The van der Waals surface area contributed by atoms with Gasteiger partial charge in [0.15, 0.2) is 0 Å². The Morgan fingerprint density at radius 3 is 2.80 bits per heavy atom. The lowest BCUT2D eigenvalue weighted by molar-refractivity contribution is -0.141. The fourth-order valence-corrected chi connectivity index (χ4v) is 1.19. The van der Waals surface area contributed by atoms with Gasteiger partial charge >= 0.3 is 5.97 Å². The maximum absolute atomic E-state index is 11.4. The monoisotopic (exact) mass is 209 g/mol. The number of nitrogens with zero attached hydrogens (tertiary/aromatic N) is 1. The fraction of sp³-hybridized carbons (Fsp3) is 0.455. The molecule has 0 radical (unpaired) electrons. The number of hydrogen-bond acceptors (Lipinski definition) is 4. The highest BCUT2D eigenvalue weighted by Crippen LogP contribution is 2.13. The third-order valence-electron chi connectivity index (χ3n) is 2.08. The third kappa shape index (κ3) is 3.23. The average Bonchev–Trinajstić information content (AvgIpc) is 2.50. The van der Waals surface area contributed by atoms with E-state index >= 15 is 0 Å². The summed E-state index contributed by atoms with van der Waals surface area (Å²) in [6, 6.07) is 0. The molecular weight excluding hydrogens is 194 g/mol. The third-order valence-corrected chi connectivity index (χ3v) is 2.08. The Labute approximate surface area is 88.9 Å². The lowest BCUT2D eigenvalue weighted by Crippen LogP contribution is -2.09. The van der Waals surface area contributed by atoms with Crippen LogP contribution in [0.15, 0.2) is 16.7 Å². The van der Waals surface area contributed by atoms with Gasteiger partial charge < -0.3 is 9.26 Å². The molecule has 15 heavy (non-hydrogen) atoms. The number of carbonyl (C=O) groups is 1. The SMILES string of the molecule is CC=CCOC(=O)Cc1c(C)noc1C. The molecule has 4 nitrogen and oxygen atoms in total. The predicted octanol–water partition coefficient (Wildman–Crippen LogP) is 1.95. The molecule has 0 atom stereocenters.